The average molecular weight is 557 g/mol. The molecule has 32 heavy (non-hydrogen) atoms. The van der Waals surface area contributed by atoms with Gasteiger partial charge in [-0.3, -0.25) is 9.56 Å². The summed E-state index contributed by atoms with van der Waals surface area (Å²) in [6.07, 6.45) is 4.27. The molecule has 3 N–H and O–H groups in total. The van der Waals surface area contributed by atoms with Crippen LogP contribution in [0.5, 0.6) is 0 Å². The second kappa shape index (κ2) is 13.9. The number of nitrogens with zero attached hydrogens (tertiary/aromatic N) is 4. The predicted molar refractivity (Wildman–Crippen MR) is 138 cm³/mol. The number of hydrogen-bond donors (Lipinski definition) is 3. The van der Waals surface area contributed by atoms with Gasteiger partial charge in [0.1, 0.15) is 11.9 Å². The van der Waals surface area contributed by atoms with Gasteiger partial charge in [0.05, 0.1) is 6.54 Å². The summed E-state index contributed by atoms with van der Waals surface area (Å²) < 4.78 is 7.26. The second-order valence-electron chi connectivity index (χ2n) is 8.24. The Morgan fingerprint density at radius 3 is 2.56 bits per heavy atom. The van der Waals surface area contributed by atoms with Crippen LogP contribution < -0.4 is 16.0 Å². The number of halogens is 1. The number of carbonyl (C=O) groups is 1. The van der Waals surface area contributed by atoms with Crippen molar-refractivity contribution >= 4 is 36.0 Å². The number of para-hydroxylation sites is 1. The van der Waals surface area contributed by atoms with Gasteiger partial charge in [-0.15, -0.1) is 34.2 Å². The molecule has 1 heterocycles. The lowest BCUT2D eigenvalue weighted by Crippen LogP contribution is -2.49. The molecule has 10 heteroatoms. The molecular formula is C22H36IN7O2. The predicted octanol–water partition coefficient (Wildman–Crippen LogP) is 3.63. The smallest absolute Gasteiger partial charge is 0.407 e. The van der Waals surface area contributed by atoms with Crippen molar-refractivity contribution in [2.24, 2.45) is 4.99 Å². The van der Waals surface area contributed by atoms with Crippen molar-refractivity contribution in [1.29, 1.82) is 0 Å². The molecule has 178 valence electrons. The second-order valence-corrected chi connectivity index (χ2v) is 8.24. The van der Waals surface area contributed by atoms with E-state index in [2.05, 4.69) is 38.1 Å². The molecule has 9 nitrogen and oxygen atoms in total. The third-order valence-corrected chi connectivity index (χ3v) is 4.43. The number of aliphatic imine (C=N–C) groups is 1. The average Bonchev–Trinajstić information content (AvgIpc) is 3.20. The minimum Gasteiger partial charge on any atom is -0.444 e. The third kappa shape index (κ3) is 9.84. The minimum absolute atomic E-state index is 0. The summed E-state index contributed by atoms with van der Waals surface area (Å²) >= 11 is 0. The van der Waals surface area contributed by atoms with Crippen molar-refractivity contribution in [2.75, 3.05) is 13.6 Å². The number of carbonyl (C=O) groups excluding carboxylic acids is 1. The summed E-state index contributed by atoms with van der Waals surface area (Å²) in [5, 5.41) is 17.8. The summed E-state index contributed by atoms with van der Waals surface area (Å²) in [6, 6.07) is 9.95. The van der Waals surface area contributed by atoms with Crippen molar-refractivity contribution in [3.8, 4) is 5.69 Å². The van der Waals surface area contributed by atoms with E-state index in [1.54, 1.807) is 13.4 Å². The van der Waals surface area contributed by atoms with E-state index in [1.165, 1.54) is 0 Å². The molecule has 0 spiro atoms. The van der Waals surface area contributed by atoms with E-state index < -0.39 is 11.7 Å². The molecule has 0 fully saturated rings. The van der Waals surface area contributed by atoms with Crippen LogP contribution in [0, 0.1) is 0 Å². The van der Waals surface area contributed by atoms with Crippen LogP contribution in [0.25, 0.3) is 5.69 Å². The number of aromatic nitrogens is 3. The number of ether oxygens (including phenoxy) is 1. The van der Waals surface area contributed by atoms with Crippen molar-refractivity contribution < 1.29 is 9.53 Å². The Hall–Kier alpha value is -2.37. The highest BCUT2D eigenvalue weighted by Crippen LogP contribution is 2.09. The van der Waals surface area contributed by atoms with Crippen LogP contribution in [-0.4, -0.2) is 52.1 Å². The molecule has 1 amide bonds. The Bertz CT molecular complexity index is 834. The molecule has 0 radical (unpaired) electrons. The van der Waals surface area contributed by atoms with Crippen LogP contribution in [0.1, 0.15) is 52.8 Å². The van der Waals surface area contributed by atoms with Gasteiger partial charge in [0, 0.05) is 25.3 Å². The van der Waals surface area contributed by atoms with E-state index in [1.807, 2.05) is 55.7 Å². The molecule has 2 aromatic rings. The van der Waals surface area contributed by atoms with Crippen LogP contribution in [0.3, 0.4) is 0 Å². The first-order chi connectivity index (χ1) is 14.8. The molecule has 0 saturated heterocycles. The fourth-order valence-corrected chi connectivity index (χ4v) is 2.93. The normalized spacial score (nSPS) is 12.5. The molecule has 1 unspecified atom stereocenters. The largest absolute Gasteiger partial charge is 0.444 e. The number of alkyl carbamates (subject to hydrolysis) is 1. The summed E-state index contributed by atoms with van der Waals surface area (Å²) in [5.74, 6) is 1.40. The van der Waals surface area contributed by atoms with E-state index in [9.17, 15) is 4.79 Å². The first-order valence-electron chi connectivity index (χ1n) is 10.7. The Morgan fingerprint density at radius 2 is 1.94 bits per heavy atom. The number of unbranched alkanes of at least 4 members (excludes halogenated alkanes) is 1. The number of amides is 1. The molecule has 0 bridgehead atoms. The van der Waals surface area contributed by atoms with Crippen molar-refractivity contribution in [1.82, 2.24) is 30.7 Å². The molecule has 2 rings (SSSR count). The molecule has 0 aliphatic heterocycles. The van der Waals surface area contributed by atoms with Crippen molar-refractivity contribution in [3.63, 3.8) is 0 Å². The topological polar surface area (TPSA) is 105 Å². The number of guanidine groups is 1. The van der Waals surface area contributed by atoms with Gasteiger partial charge in [-0.1, -0.05) is 38.0 Å². The molecule has 1 atom stereocenters. The Labute approximate surface area is 207 Å². The van der Waals surface area contributed by atoms with Crippen LogP contribution in [-0.2, 0) is 11.3 Å². The Kier molecular flexibility index (Phi) is 12.0. The first kappa shape index (κ1) is 27.7. The highest BCUT2D eigenvalue weighted by molar-refractivity contribution is 14.0. The molecule has 0 saturated carbocycles. The van der Waals surface area contributed by atoms with Gasteiger partial charge < -0.3 is 20.7 Å². The van der Waals surface area contributed by atoms with Crippen LogP contribution in [0.4, 0.5) is 4.79 Å². The van der Waals surface area contributed by atoms with Gasteiger partial charge >= 0.3 is 6.09 Å². The molecular weight excluding hydrogens is 521 g/mol. The summed E-state index contributed by atoms with van der Waals surface area (Å²) in [5.41, 5.74) is 0.470. The quantitative estimate of drug-likeness (QED) is 0.247. The van der Waals surface area contributed by atoms with Crippen molar-refractivity contribution in [3.05, 3.63) is 42.5 Å². The lowest BCUT2D eigenvalue weighted by molar-refractivity contribution is 0.0523. The third-order valence-electron chi connectivity index (χ3n) is 4.43. The molecule has 0 aliphatic rings. The van der Waals surface area contributed by atoms with E-state index >= 15 is 0 Å². The standard InChI is InChI=1S/C22H35N7O2.HI/c1-6-7-11-17(14-25-21(30)31-22(2,3)4)27-20(23-5)24-15-19-28-26-16-29(19)18-12-9-8-10-13-18;/h8-10,12-13,16-17H,6-7,11,14-15H2,1-5H3,(H,25,30)(H2,23,24,27);1H. The Morgan fingerprint density at radius 1 is 1.22 bits per heavy atom. The zero-order valence-electron chi connectivity index (χ0n) is 19.6. The zero-order chi connectivity index (χ0) is 22.7. The van der Waals surface area contributed by atoms with Crippen LogP contribution in [0.2, 0.25) is 0 Å². The SMILES string of the molecule is CCCCC(CNC(=O)OC(C)(C)C)NC(=NC)NCc1nncn1-c1ccccc1.I. The van der Waals surface area contributed by atoms with Crippen LogP contribution in [0.15, 0.2) is 41.7 Å². The van der Waals surface area contributed by atoms with E-state index in [0.717, 1.165) is 30.8 Å². The van der Waals surface area contributed by atoms with Gasteiger partial charge in [0.25, 0.3) is 0 Å². The van der Waals surface area contributed by atoms with Crippen LogP contribution >= 0.6 is 24.0 Å². The number of benzene rings is 1. The van der Waals surface area contributed by atoms with Gasteiger partial charge in [0.2, 0.25) is 0 Å². The van der Waals surface area contributed by atoms with E-state index in [0.29, 0.717) is 19.0 Å². The van der Waals surface area contributed by atoms with Crippen molar-refractivity contribution in [2.45, 2.75) is 65.1 Å². The van der Waals surface area contributed by atoms with Gasteiger partial charge in [0.15, 0.2) is 11.8 Å². The lowest BCUT2D eigenvalue weighted by Gasteiger charge is -2.24. The number of hydrogen-bond acceptors (Lipinski definition) is 5. The van der Waals surface area contributed by atoms with Gasteiger partial charge in [-0.05, 0) is 39.3 Å². The number of nitrogens with one attached hydrogen (secondary N) is 3. The van der Waals surface area contributed by atoms with E-state index in [-0.39, 0.29) is 30.0 Å². The lowest BCUT2D eigenvalue weighted by atomic mass is 10.1. The zero-order valence-corrected chi connectivity index (χ0v) is 21.9. The summed E-state index contributed by atoms with van der Waals surface area (Å²) in [7, 11) is 1.72. The van der Waals surface area contributed by atoms with Gasteiger partial charge in [-0.2, -0.15) is 0 Å². The maximum atomic E-state index is 12.0. The maximum Gasteiger partial charge on any atom is 0.407 e. The molecule has 1 aromatic heterocycles. The number of rotatable bonds is 9. The molecule has 1 aromatic carbocycles. The summed E-state index contributed by atoms with van der Waals surface area (Å²) in [6.45, 7) is 8.57. The van der Waals surface area contributed by atoms with Gasteiger partial charge in [-0.25, -0.2) is 4.79 Å². The monoisotopic (exact) mass is 557 g/mol. The maximum absolute atomic E-state index is 12.0. The highest BCUT2D eigenvalue weighted by Gasteiger charge is 2.18. The summed E-state index contributed by atoms with van der Waals surface area (Å²) in [4.78, 5) is 16.3. The minimum atomic E-state index is -0.525. The van der Waals surface area contributed by atoms with E-state index in [4.69, 9.17) is 4.74 Å². The Balaban J connectivity index is 0.00000512. The molecule has 0 aliphatic carbocycles. The first-order valence-corrected chi connectivity index (χ1v) is 10.7. The highest BCUT2D eigenvalue weighted by atomic mass is 127. The fraction of sp³-hybridized carbons (Fsp3) is 0.545. The fourth-order valence-electron chi connectivity index (χ4n) is 2.93.